The number of carbonyl (C=O) groups excluding carboxylic acids is 2. The van der Waals surface area contributed by atoms with Gasteiger partial charge in [-0.1, -0.05) is 12.1 Å². The Kier molecular flexibility index (Phi) is 7.60. The molecule has 1 aromatic carbocycles. The van der Waals surface area contributed by atoms with Gasteiger partial charge in [0.1, 0.15) is 12.1 Å². The maximum absolute atomic E-state index is 12.0. The maximum atomic E-state index is 12.0. The van der Waals surface area contributed by atoms with Gasteiger partial charge in [0.05, 0.1) is 17.3 Å². The van der Waals surface area contributed by atoms with E-state index in [2.05, 4.69) is 15.7 Å². The second-order valence-corrected chi connectivity index (χ2v) is 4.86. The van der Waals surface area contributed by atoms with Crippen LogP contribution in [-0.2, 0) is 9.59 Å². The molecule has 0 atom stereocenters. The lowest BCUT2D eigenvalue weighted by atomic mass is 10.1. The molecule has 0 aromatic heterocycles. The van der Waals surface area contributed by atoms with Crippen LogP contribution in [0.1, 0.15) is 26.3 Å². The minimum Gasteiger partial charge on any atom is -0.388 e. The number of nitriles is 1. The van der Waals surface area contributed by atoms with E-state index in [4.69, 9.17) is 10.1 Å². The van der Waals surface area contributed by atoms with Gasteiger partial charge in [0.25, 0.3) is 5.91 Å². The van der Waals surface area contributed by atoms with Crippen molar-refractivity contribution in [1.82, 2.24) is 10.3 Å². The van der Waals surface area contributed by atoms with Gasteiger partial charge in [-0.25, -0.2) is 5.01 Å². The zero-order valence-corrected chi connectivity index (χ0v) is 14.7. The Morgan fingerprint density at radius 1 is 1.40 bits per heavy atom. The molecule has 2 rings (SSSR count). The van der Waals surface area contributed by atoms with E-state index < -0.39 is 0 Å². The first-order valence-electron chi connectivity index (χ1n) is 7.62. The summed E-state index contributed by atoms with van der Waals surface area (Å²) >= 11 is 0. The lowest BCUT2D eigenvalue weighted by Crippen LogP contribution is -2.36. The molecule has 0 bridgehead atoms. The lowest BCUT2D eigenvalue weighted by Gasteiger charge is -2.29. The number of nitrogens with zero attached hydrogens (tertiary/aromatic N) is 3. The molecule has 7 nitrogen and oxygen atoms in total. The number of benzene rings is 1. The summed E-state index contributed by atoms with van der Waals surface area (Å²) in [6, 6.07) is 9.68. The number of anilines is 1. The van der Waals surface area contributed by atoms with Crippen molar-refractivity contribution in [2.75, 3.05) is 12.4 Å². The highest BCUT2D eigenvalue weighted by atomic mass is 16.1. The summed E-state index contributed by atoms with van der Waals surface area (Å²) in [7, 11) is 1.83. The molecule has 1 aromatic rings. The third kappa shape index (κ3) is 5.04. The molecular formula is C18H21N5O2. The number of nitrogens with one attached hydrogen (secondary N) is 2. The first-order chi connectivity index (χ1) is 12.0. The van der Waals surface area contributed by atoms with Gasteiger partial charge >= 0.3 is 0 Å². The van der Waals surface area contributed by atoms with Crippen molar-refractivity contribution in [2.45, 2.75) is 20.8 Å². The third-order valence-electron chi connectivity index (χ3n) is 3.15. The van der Waals surface area contributed by atoms with Gasteiger partial charge in [-0.15, -0.1) is 0 Å². The predicted molar refractivity (Wildman–Crippen MR) is 98.2 cm³/mol. The fourth-order valence-corrected chi connectivity index (χ4v) is 2.09. The van der Waals surface area contributed by atoms with Crippen molar-refractivity contribution in [3.8, 4) is 6.07 Å². The number of rotatable bonds is 3. The van der Waals surface area contributed by atoms with Crippen LogP contribution in [0.15, 0.2) is 46.8 Å². The molecule has 0 radical (unpaired) electrons. The average molecular weight is 339 g/mol. The van der Waals surface area contributed by atoms with Gasteiger partial charge in [0.15, 0.2) is 0 Å². The Labute approximate surface area is 147 Å². The third-order valence-corrected chi connectivity index (χ3v) is 3.15. The topological polar surface area (TPSA) is 97.6 Å². The summed E-state index contributed by atoms with van der Waals surface area (Å²) in [6.45, 7) is 4.86. The molecule has 1 amide bonds. The van der Waals surface area contributed by atoms with Crippen LogP contribution in [0.25, 0.3) is 5.70 Å². The van der Waals surface area contributed by atoms with Crippen molar-refractivity contribution < 1.29 is 9.59 Å². The maximum Gasteiger partial charge on any atom is 0.251 e. The van der Waals surface area contributed by atoms with Gasteiger partial charge < -0.3 is 15.4 Å². The number of hydrogen-bond donors (Lipinski definition) is 2. The first-order valence-corrected chi connectivity index (χ1v) is 7.62. The molecule has 2 N–H and O–H groups in total. The van der Waals surface area contributed by atoms with E-state index in [1.165, 1.54) is 13.0 Å². The fourth-order valence-electron chi connectivity index (χ4n) is 2.09. The van der Waals surface area contributed by atoms with E-state index in [1.807, 2.05) is 37.4 Å². The molecule has 25 heavy (non-hydrogen) atoms. The number of hydrazone groups is 1. The largest absolute Gasteiger partial charge is 0.388 e. The molecule has 7 heteroatoms. The van der Waals surface area contributed by atoms with Crippen LogP contribution in [-0.4, -0.2) is 30.5 Å². The molecule has 0 fully saturated rings. The van der Waals surface area contributed by atoms with Crippen molar-refractivity contribution in [3.63, 3.8) is 0 Å². The number of amides is 1. The van der Waals surface area contributed by atoms with Crippen LogP contribution in [0.5, 0.6) is 0 Å². The van der Waals surface area contributed by atoms with Crippen molar-refractivity contribution in [2.24, 2.45) is 5.10 Å². The van der Waals surface area contributed by atoms with E-state index in [1.54, 1.807) is 25.1 Å². The van der Waals surface area contributed by atoms with Crippen molar-refractivity contribution >= 4 is 29.8 Å². The lowest BCUT2D eigenvalue weighted by molar-refractivity contribution is -0.116. The molecular weight excluding hydrogens is 318 g/mol. The van der Waals surface area contributed by atoms with Crippen LogP contribution < -0.4 is 10.6 Å². The van der Waals surface area contributed by atoms with Crippen LogP contribution >= 0.6 is 0 Å². The van der Waals surface area contributed by atoms with E-state index in [0.717, 1.165) is 17.5 Å². The van der Waals surface area contributed by atoms with E-state index >= 15 is 0 Å². The fraction of sp³-hybridized carbons (Fsp3) is 0.222. The highest BCUT2D eigenvalue weighted by Gasteiger charge is 2.25. The zero-order chi connectivity index (χ0) is 18.8. The molecule has 1 heterocycles. The molecule has 130 valence electrons. The minimum absolute atomic E-state index is 0.281. The van der Waals surface area contributed by atoms with Crippen LogP contribution in [0.4, 0.5) is 5.69 Å². The molecule has 0 unspecified atom stereocenters. The second-order valence-electron chi connectivity index (χ2n) is 4.86. The highest BCUT2D eigenvalue weighted by molar-refractivity contribution is 5.98. The highest BCUT2D eigenvalue weighted by Crippen LogP contribution is 2.28. The molecule has 0 saturated heterocycles. The molecule has 0 saturated carbocycles. The Morgan fingerprint density at radius 2 is 2.08 bits per heavy atom. The summed E-state index contributed by atoms with van der Waals surface area (Å²) in [5, 5.41) is 20.7. The molecule has 0 spiro atoms. The standard InChI is InChI=1S/C16H17N5O.C2H4O/c1-4-19-21-14(12-6-5-7-13(8-12)18-3)9-15(22)20-16(21)11(2)10-17;1-2-3/h4-9,18H,1-3H3,(H,20,22);2H,1H3/b16-11+,19-4-;. The Bertz CT molecular complexity index is 772. The molecule has 0 aliphatic carbocycles. The van der Waals surface area contributed by atoms with E-state index in [0.29, 0.717) is 17.1 Å². The zero-order valence-electron chi connectivity index (χ0n) is 14.7. The smallest absolute Gasteiger partial charge is 0.251 e. The summed E-state index contributed by atoms with van der Waals surface area (Å²) in [5.74, 6) is 0.0926. The Morgan fingerprint density at radius 3 is 2.64 bits per heavy atom. The number of carbonyl (C=O) groups is 2. The normalized spacial score (nSPS) is 15.4. The van der Waals surface area contributed by atoms with Gasteiger partial charge in [-0.05, 0) is 32.9 Å². The van der Waals surface area contributed by atoms with Gasteiger partial charge in [-0.3, -0.25) is 4.79 Å². The Balaban J connectivity index is 0.000000970. The predicted octanol–water partition coefficient (Wildman–Crippen LogP) is 2.47. The minimum atomic E-state index is -0.281. The SMILES string of the molecule is C/C=N\N1C(c2cccc(NC)c2)=CC(=O)N/C1=C(/C)C#N.CC=O. The van der Waals surface area contributed by atoms with Gasteiger partial charge in [0, 0.05) is 30.6 Å². The average Bonchev–Trinajstić information content (AvgIpc) is 2.63. The summed E-state index contributed by atoms with van der Waals surface area (Å²) < 4.78 is 0. The van der Waals surface area contributed by atoms with Crippen molar-refractivity contribution in [1.29, 1.82) is 5.26 Å². The quantitative estimate of drug-likeness (QED) is 0.501. The van der Waals surface area contributed by atoms with E-state index in [-0.39, 0.29) is 5.91 Å². The number of allylic oxidation sites excluding steroid dienone is 1. The van der Waals surface area contributed by atoms with Crippen LogP contribution in [0, 0.1) is 11.3 Å². The summed E-state index contributed by atoms with van der Waals surface area (Å²) in [5.41, 5.74) is 2.75. The van der Waals surface area contributed by atoms with Crippen molar-refractivity contribution in [3.05, 3.63) is 47.3 Å². The monoisotopic (exact) mass is 339 g/mol. The summed E-state index contributed by atoms with van der Waals surface area (Å²) in [6.07, 6.45) is 3.83. The van der Waals surface area contributed by atoms with Crippen LogP contribution in [0.3, 0.4) is 0 Å². The molecule has 1 aliphatic rings. The van der Waals surface area contributed by atoms with Gasteiger partial charge in [0.2, 0.25) is 0 Å². The Hall–Kier alpha value is -3.40. The van der Waals surface area contributed by atoms with Gasteiger partial charge in [-0.2, -0.15) is 10.4 Å². The number of hydrogen-bond acceptors (Lipinski definition) is 6. The molecule has 1 aliphatic heterocycles. The first kappa shape index (κ1) is 19.6. The second kappa shape index (κ2) is 9.67. The number of aldehydes is 1. The van der Waals surface area contributed by atoms with Crippen LogP contribution in [0.2, 0.25) is 0 Å². The summed E-state index contributed by atoms with van der Waals surface area (Å²) in [4.78, 5) is 20.8. The van der Waals surface area contributed by atoms with E-state index in [9.17, 15) is 4.79 Å².